The van der Waals surface area contributed by atoms with Crippen LogP contribution in [0.5, 0.6) is 0 Å². The van der Waals surface area contributed by atoms with Crippen molar-refractivity contribution in [1.29, 1.82) is 0 Å². The Morgan fingerprint density at radius 3 is 2.50 bits per heavy atom. The molecule has 88 valence electrons. The van der Waals surface area contributed by atoms with Gasteiger partial charge in [0.1, 0.15) is 0 Å². The third-order valence-electron chi connectivity index (χ3n) is 2.72. The Balaban J connectivity index is 2.59. The number of nitrogens with two attached hydrogens (primary N) is 1. The zero-order valence-electron chi connectivity index (χ0n) is 9.61. The topological polar surface area (TPSA) is 46.3 Å². The van der Waals surface area contributed by atoms with E-state index in [2.05, 4.69) is 11.8 Å². The van der Waals surface area contributed by atoms with E-state index in [-0.39, 0.29) is 11.9 Å². The van der Waals surface area contributed by atoms with Crippen LogP contribution in [0.3, 0.4) is 0 Å². The van der Waals surface area contributed by atoms with Gasteiger partial charge in [0.2, 0.25) is 5.91 Å². The Hall–Kier alpha value is -1.06. The molecule has 0 saturated heterocycles. The van der Waals surface area contributed by atoms with Crippen LogP contribution in [0.4, 0.5) is 0 Å². The van der Waals surface area contributed by atoms with E-state index < -0.39 is 0 Å². The molecule has 0 aromatic heterocycles. The Morgan fingerprint density at radius 2 is 2.00 bits per heavy atom. The Kier molecular flexibility index (Phi) is 4.77. The number of benzene rings is 1. The van der Waals surface area contributed by atoms with E-state index in [1.165, 1.54) is 5.56 Å². The monoisotopic (exact) mass is 240 g/mol. The maximum absolute atomic E-state index is 10.7. The quantitative estimate of drug-likeness (QED) is 0.858. The van der Waals surface area contributed by atoms with Crippen molar-refractivity contribution < 1.29 is 4.79 Å². The summed E-state index contributed by atoms with van der Waals surface area (Å²) in [5, 5.41) is 0.732. The lowest BCUT2D eigenvalue weighted by Crippen LogP contribution is -2.27. The molecule has 1 atom stereocenters. The van der Waals surface area contributed by atoms with E-state index in [0.717, 1.165) is 5.02 Å². The first-order chi connectivity index (χ1) is 7.50. The molecule has 16 heavy (non-hydrogen) atoms. The van der Waals surface area contributed by atoms with Crippen LogP contribution in [0.1, 0.15) is 24.9 Å². The number of carbonyl (C=O) groups excluding carboxylic acids is 1. The molecule has 0 saturated carbocycles. The van der Waals surface area contributed by atoms with Crippen molar-refractivity contribution in [2.75, 3.05) is 13.6 Å². The fourth-order valence-corrected chi connectivity index (χ4v) is 1.60. The number of halogens is 1. The van der Waals surface area contributed by atoms with Gasteiger partial charge in [-0.1, -0.05) is 23.7 Å². The molecule has 1 unspecified atom stereocenters. The van der Waals surface area contributed by atoms with Crippen molar-refractivity contribution in [2.45, 2.75) is 19.4 Å². The number of amides is 1. The predicted octanol–water partition coefficient (Wildman–Crippen LogP) is 2.21. The number of primary amides is 1. The number of nitrogens with zero attached hydrogens (tertiary/aromatic N) is 1. The summed E-state index contributed by atoms with van der Waals surface area (Å²) in [6.07, 6.45) is 0.383. The number of rotatable bonds is 5. The number of hydrogen-bond acceptors (Lipinski definition) is 2. The van der Waals surface area contributed by atoms with E-state index in [1.54, 1.807) is 0 Å². The van der Waals surface area contributed by atoms with Crippen LogP contribution in [-0.2, 0) is 4.79 Å². The van der Waals surface area contributed by atoms with Gasteiger partial charge in [0.05, 0.1) is 0 Å². The molecule has 0 aliphatic heterocycles. The van der Waals surface area contributed by atoms with Gasteiger partial charge in [-0.05, 0) is 31.7 Å². The maximum Gasteiger partial charge on any atom is 0.218 e. The molecule has 1 aromatic rings. The normalized spacial score (nSPS) is 12.8. The fraction of sp³-hybridized carbons (Fsp3) is 0.417. The molecular formula is C12H17ClN2O. The first-order valence-corrected chi connectivity index (χ1v) is 5.62. The molecule has 0 aliphatic rings. The molecule has 1 amide bonds. The summed E-state index contributed by atoms with van der Waals surface area (Å²) in [5.41, 5.74) is 6.29. The summed E-state index contributed by atoms with van der Waals surface area (Å²) < 4.78 is 0. The van der Waals surface area contributed by atoms with Gasteiger partial charge in [-0.25, -0.2) is 0 Å². The lowest BCUT2D eigenvalue weighted by atomic mass is 10.1. The summed E-state index contributed by atoms with van der Waals surface area (Å²) in [5.74, 6) is -0.268. The highest BCUT2D eigenvalue weighted by Gasteiger charge is 2.11. The SMILES string of the molecule is CC(c1ccc(Cl)cc1)N(C)CCC(N)=O. The molecule has 0 bridgehead atoms. The lowest BCUT2D eigenvalue weighted by Gasteiger charge is -2.24. The number of hydrogen-bond donors (Lipinski definition) is 1. The standard InChI is InChI=1S/C12H17ClN2O/c1-9(15(2)8-7-12(14)16)10-3-5-11(13)6-4-10/h3-6,9H,7-8H2,1-2H3,(H2,14,16). The van der Waals surface area contributed by atoms with E-state index in [0.29, 0.717) is 13.0 Å². The second-order valence-electron chi connectivity index (χ2n) is 3.92. The van der Waals surface area contributed by atoms with Gasteiger partial charge in [-0.2, -0.15) is 0 Å². The van der Waals surface area contributed by atoms with Gasteiger partial charge < -0.3 is 5.73 Å². The van der Waals surface area contributed by atoms with E-state index in [1.807, 2.05) is 31.3 Å². The molecule has 4 heteroatoms. The molecule has 0 radical (unpaired) electrons. The van der Waals surface area contributed by atoms with E-state index >= 15 is 0 Å². The lowest BCUT2D eigenvalue weighted by molar-refractivity contribution is -0.118. The van der Waals surface area contributed by atoms with Gasteiger partial charge in [-0.15, -0.1) is 0 Å². The first kappa shape index (κ1) is 13.0. The molecule has 3 nitrogen and oxygen atoms in total. The van der Waals surface area contributed by atoms with Crippen LogP contribution in [0.15, 0.2) is 24.3 Å². The zero-order valence-corrected chi connectivity index (χ0v) is 10.4. The minimum atomic E-state index is -0.268. The molecule has 0 heterocycles. The second kappa shape index (κ2) is 5.87. The molecule has 0 aliphatic carbocycles. The van der Waals surface area contributed by atoms with Crippen LogP contribution in [-0.4, -0.2) is 24.4 Å². The highest BCUT2D eigenvalue weighted by atomic mass is 35.5. The molecule has 2 N–H and O–H groups in total. The van der Waals surface area contributed by atoms with Crippen LogP contribution >= 0.6 is 11.6 Å². The molecule has 0 fully saturated rings. The Labute approximate surface area is 101 Å². The maximum atomic E-state index is 10.7. The van der Waals surface area contributed by atoms with Crippen molar-refractivity contribution in [1.82, 2.24) is 4.90 Å². The largest absolute Gasteiger partial charge is 0.370 e. The average Bonchev–Trinajstić information content (AvgIpc) is 2.26. The van der Waals surface area contributed by atoms with E-state index in [9.17, 15) is 4.79 Å². The van der Waals surface area contributed by atoms with Crippen LogP contribution in [0.2, 0.25) is 5.02 Å². The smallest absolute Gasteiger partial charge is 0.218 e. The fourth-order valence-electron chi connectivity index (χ4n) is 1.48. The third kappa shape index (κ3) is 3.83. The summed E-state index contributed by atoms with van der Waals surface area (Å²) in [6, 6.07) is 7.98. The van der Waals surface area contributed by atoms with Gasteiger partial charge in [0.25, 0.3) is 0 Å². The van der Waals surface area contributed by atoms with Gasteiger partial charge in [0.15, 0.2) is 0 Å². The minimum absolute atomic E-state index is 0.247. The van der Waals surface area contributed by atoms with Crippen LogP contribution in [0.25, 0.3) is 0 Å². The second-order valence-corrected chi connectivity index (χ2v) is 4.36. The van der Waals surface area contributed by atoms with Crippen LogP contribution in [0, 0.1) is 0 Å². The zero-order chi connectivity index (χ0) is 12.1. The van der Waals surface area contributed by atoms with Crippen molar-refractivity contribution in [3.63, 3.8) is 0 Å². The first-order valence-electron chi connectivity index (χ1n) is 5.24. The van der Waals surface area contributed by atoms with Crippen molar-refractivity contribution >= 4 is 17.5 Å². The molecular weight excluding hydrogens is 224 g/mol. The van der Waals surface area contributed by atoms with Gasteiger partial charge >= 0.3 is 0 Å². The molecule has 1 aromatic carbocycles. The molecule has 0 spiro atoms. The van der Waals surface area contributed by atoms with Crippen molar-refractivity contribution in [3.05, 3.63) is 34.9 Å². The highest BCUT2D eigenvalue weighted by Crippen LogP contribution is 2.20. The summed E-state index contributed by atoms with van der Waals surface area (Å²) in [7, 11) is 1.97. The summed E-state index contributed by atoms with van der Waals surface area (Å²) >= 11 is 5.82. The van der Waals surface area contributed by atoms with Gasteiger partial charge in [0, 0.05) is 24.0 Å². The molecule has 1 rings (SSSR count). The highest BCUT2D eigenvalue weighted by molar-refractivity contribution is 6.30. The van der Waals surface area contributed by atoms with Crippen molar-refractivity contribution in [3.8, 4) is 0 Å². The Morgan fingerprint density at radius 1 is 1.44 bits per heavy atom. The third-order valence-corrected chi connectivity index (χ3v) is 2.98. The average molecular weight is 241 g/mol. The van der Waals surface area contributed by atoms with Gasteiger partial charge in [-0.3, -0.25) is 9.69 Å². The van der Waals surface area contributed by atoms with E-state index in [4.69, 9.17) is 17.3 Å². The van der Waals surface area contributed by atoms with Crippen molar-refractivity contribution in [2.24, 2.45) is 5.73 Å². The predicted molar refractivity (Wildman–Crippen MR) is 66.3 cm³/mol. The summed E-state index contributed by atoms with van der Waals surface area (Å²) in [4.78, 5) is 12.8. The van der Waals surface area contributed by atoms with Crippen LogP contribution < -0.4 is 5.73 Å². The summed E-state index contributed by atoms with van der Waals surface area (Å²) in [6.45, 7) is 2.75. The number of carbonyl (C=O) groups is 1. The Bertz CT molecular complexity index is 351. The minimum Gasteiger partial charge on any atom is -0.370 e.